The van der Waals surface area contributed by atoms with Crippen LogP contribution in [-0.2, 0) is 4.79 Å². The van der Waals surface area contributed by atoms with Crippen LogP contribution in [-0.4, -0.2) is 31.0 Å². The summed E-state index contributed by atoms with van der Waals surface area (Å²) in [7, 11) is 0. The lowest BCUT2D eigenvalue weighted by Crippen LogP contribution is -2.24. The van der Waals surface area contributed by atoms with Crippen molar-refractivity contribution in [3.8, 4) is 0 Å². The zero-order chi connectivity index (χ0) is 9.40. The van der Waals surface area contributed by atoms with Crippen LogP contribution in [0, 0.1) is 0 Å². The molecule has 1 atom stereocenters. The van der Waals surface area contributed by atoms with Gasteiger partial charge in [0.15, 0.2) is 0 Å². The normalized spacial score (nSPS) is 14.1. The van der Waals surface area contributed by atoms with Gasteiger partial charge in [-0.15, -0.1) is 0 Å². The molecule has 0 aliphatic rings. The predicted octanol–water partition coefficient (Wildman–Crippen LogP) is 0.668. The monoisotopic (exact) mass is 192 g/mol. The first-order valence-electron chi connectivity index (χ1n) is 4.36. The number of hydrogen-bond acceptors (Lipinski definition) is 2. The smallest absolute Gasteiger partial charge is 0.216 e. The van der Waals surface area contributed by atoms with E-state index >= 15 is 0 Å². The highest BCUT2D eigenvalue weighted by atomic mass is 32.2. The summed E-state index contributed by atoms with van der Waals surface area (Å²) in [4.78, 5) is 10.5. The molecule has 0 saturated carbocycles. The van der Waals surface area contributed by atoms with Crippen LogP contribution in [0.3, 0.4) is 0 Å². The zero-order valence-corrected chi connectivity index (χ0v) is 9.08. The van der Waals surface area contributed by atoms with Crippen LogP contribution >= 0.6 is 11.1 Å². The van der Waals surface area contributed by atoms with Crippen molar-refractivity contribution in [2.45, 2.75) is 20.3 Å². The molecule has 1 amide bonds. The number of hydrogen-bond donors (Lipinski definition) is 3. The van der Waals surface area contributed by atoms with Gasteiger partial charge in [0.2, 0.25) is 5.91 Å². The van der Waals surface area contributed by atoms with E-state index in [0.29, 0.717) is 0 Å². The minimum atomic E-state index is 0.0270. The van der Waals surface area contributed by atoms with Crippen molar-refractivity contribution >= 4 is 17.0 Å². The molecule has 0 aliphatic carbocycles. The topological polar surface area (TPSA) is 41.1 Å². The summed E-state index contributed by atoms with van der Waals surface area (Å²) >= 11 is 0.0270. The van der Waals surface area contributed by atoms with Gasteiger partial charge in [-0.05, 0) is 18.4 Å². The van der Waals surface area contributed by atoms with E-state index in [1.165, 1.54) is 5.75 Å². The third-order valence-corrected chi connectivity index (χ3v) is 3.30. The number of carbonyl (C=O) groups excluding carboxylic acids is 1. The second-order valence-corrected chi connectivity index (χ2v) is 5.10. The molecular weight excluding hydrogens is 172 g/mol. The SMILES string of the molecule is CC[SH](C)NCCCNC(C)=O. The summed E-state index contributed by atoms with van der Waals surface area (Å²) in [5.41, 5.74) is 0. The van der Waals surface area contributed by atoms with Crippen LogP contribution in [0.4, 0.5) is 0 Å². The maximum atomic E-state index is 10.5. The molecule has 0 saturated heterocycles. The standard InChI is InChI=1S/C8H20N2OS/c1-4-12(3)10-7-5-6-9-8(2)11/h10,12H,4-7H2,1-3H3,(H,9,11). The Labute approximate surface area is 77.8 Å². The molecule has 0 radical (unpaired) electrons. The predicted molar refractivity (Wildman–Crippen MR) is 56.8 cm³/mol. The molecule has 0 aromatic heterocycles. The molecule has 0 aliphatic heterocycles. The van der Waals surface area contributed by atoms with Gasteiger partial charge in [-0.2, -0.15) is 0 Å². The maximum absolute atomic E-state index is 10.5. The van der Waals surface area contributed by atoms with E-state index in [0.717, 1.165) is 19.5 Å². The van der Waals surface area contributed by atoms with E-state index in [2.05, 4.69) is 23.2 Å². The average molecular weight is 192 g/mol. The van der Waals surface area contributed by atoms with Gasteiger partial charge in [0.25, 0.3) is 0 Å². The van der Waals surface area contributed by atoms with Gasteiger partial charge in [0.05, 0.1) is 0 Å². The van der Waals surface area contributed by atoms with Crippen molar-refractivity contribution < 1.29 is 4.79 Å². The minimum absolute atomic E-state index is 0.0270. The maximum Gasteiger partial charge on any atom is 0.216 e. The van der Waals surface area contributed by atoms with Crippen molar-refractivity contribution in [2.24, 2.45) is 0 Å². The van der Waals surface area contributed by atoms with E-state index in [1.54, 1.807) is 6.92 Å². The highest BCUT2D eigenvalue weighted by Gasteiger charge is 1.92. The van der Waals surface area contributed by atoms with Crippen molar-refractivity contribution in [1.29, 1.82) is 0 Å². The summed E-state index contributed by atoms with van der Waals surface area (Å²) in [6.07, 6.45) is 3.25. The van der Waals surface area contributed by atoms with Gasteiger partial charge in [0.1, 0.15) is 0 Å². The molecule has 0 heterocycles. The van der Waals surface area contributed by atoms with E-state index in [-0.39, 0.29) is 17.0 Å². The Hall–Kier alpha value is -0.220. The van der Waals surface area contributed by atoms with Gasteiger partial charge >= 0.3 is 0 Å². The number of amides is 1. The molecule has 12 heavy (non-hydrogen) atoms. The molecule has 0 rings (SSSR count). The van der Waals surface area contributed by atoms with Crippen LogP contribution < -0.4 is 10.0 Å². The average Bonchev–Trinajstić information content (AvgIpc) is 2.03. The molecule has 2 N–H and O–H groups in total. The van der Waals surface area contributed by atoms with Crippen molar-refractivity contribution in [1.82, 2.24) is 10.0 Å². The Balaban J connectivity index is 3.05. The molecule has 0 bridgehead atoms. The van der Waals surface area contributed by atoms with Crippen LogP contribution in [0.5, 0.6) is 0 Å². The molecule has 0 spiro atoms. The fourth-order valence-electron chi connectivity index (χ4n) is 0.735. The van der Waals surface area contributed by atoms with E-state index < -0.39 is 0 Å². The number of rotatable bonds is 6. The number of nitrogens with one attached hydrogen (secondary N) is 2. The van der Waals surface area contributed by atoms with Gasteiger partial charge in [-0.25, -0.2) is 11.1 Å². The quantitative estimate of drug-likeness (QED) is 0.428. The Morgan fingerprint density at radius 2 is 2.08 bits per heavy atom. The summed E-state index contributed by atoms with van der Waals surface area (Å²) in [5.74, 6) is 1.28. The Morgan fingerprint density at radius 3 is 2.58 bits per heavy atom. The van der Waals surface area contributed by atoms with Crippen molar-refractivity contribution in [2.75, 3.05) is 25.1 Å². The minimum Gasteiger partial charge on any atom is -0.356 e. The lowest BCUT2D eigenvalue weighted by molar-refractivity contribution is -0.118. The fraction of sp³-hybridized carbons (Fsp3) is 0.875. The first kappa shape index (κ1) is 11.8. The summed E-state index contributed by atoms with van der Waals surface area (Å²) in [6, 6.07) is 0. The number of carbonyl (C=O) groups is 1. The molecule has 1 unspecified atom stereocenters. The zero-order valence-electron chi connectivity index (χ0n) is 8.18. The molecule has 0 aromatic rings. The van der Waals surface area contributed by atoms with Gasteiger partial charge < -0.3 is 5.32 Å². The summed E-state index contributed by atoms with van der Waals surface area (Å²) < 4.78 is 3.42. The first-order chi connectivity index (χ1) is 5.66. The van der Waals surface area contributed by atoms with E-state index in [9.17, 15) is 4.79 Å². The Morgan fingerprint density at radius 1 is 1.42 bits per heavy atom. The molecule has 0 fully saturated rings. The summed E-state index contributed by atoms with van der Waals surface area (Å²) in [6.45, 7) is 5.53. The first-order valence-corrected chi connectivity index (χ1v) is 6.33. The molecule has 3 nitrogen and oxygen atoms in total. The van der Waals surface area contributed by atoms with E-state index in [1.807, 2.05) is 0 Å². The van der Waals surface area contributed by atoms with Crippen LogP contribution in [0.25, 0.3) is 0 Å². The highest BCUT2D eigenvalue weighted by Crippen LogP contribution is 2.10. The van der Waals surface area contributed by atoms with Crippen LogP contribution in [0.1, 0.15) is 20.3 Å². The Kier molecular flexibility index (Phi) is 7.29. The fourth-order valence-corrected chi connectivity index (χ4v) is 1.50. The van der Waals surface area contributed by atoms with E-state index in [4.69, 9.17) is 0 Å². The lowest BCUT2D eigenvalue weighted by Gasteiger charge is -2.15. The highest BCUT2D eigenvalue weighted by molar-refractivity contribution is 8.14. The Bertz CT molecular complexity index is 130. The largest absolute Gasteiger partial charge is 0.356 e. The van der Waals surface area contributed by atoms with Gasteiger partial charge in [-0.3, -0.25) is 9.52 Å². The third kappa shape index (κ3) is 7.88. The van der Waals surface area contributed by atoms with Crippen LogP contribution in [0.15, 0.2) is 0 Å². The summed E-state index contributed by atoms with van der Waals surface area (Å²) in [5, 5.41) is 2.77. The lowest BCUT2D eigenvalue weighted by atomic mass is 10.4. The van der Waals surface area contributed by atoms with Crippen molar-refractivity contribution in [3.63, 3.8) is 0 Å². The third-order valence-electron chi connectivity index (χ3n) is 1.58. The van der Waals surface area contributed by atoms with Gasteiger partial charge in [0, 0.05) is 20.0 Å². The molecule has 0 aromatic carbocycles. The molecular formula is C8H20N2OS. The van der Waals surface area contributed by atoms with Crippen LogP contribution in [0.2, 0.25) is 0 Å². The second-order valence-electron chi connectivity index (χ2n) is 2.76. The van der Waals surface area contributed by atoms with Crippen molar-refractivity contribution in [3.05, 3.63) is 0 Å². The van der Waals surface area contributed by atoms with Gasteiger partial charge in [-0.1, -0.05) is 6.92 Å². The molecule has 74 valence electrons. The second kappa shape index (κ2) is 7.43. The number of thiol groups is 1. The molecule has 4 heteroatoms.